The van der Waals surface area contributed by atoms with Gasteiger partial charge < -0.3 is 20.5 Å². The Balaban J connectivity index is 0.00000338. The Bertz CT molecular complexity index is 544. The van der Waals surface area contributed by atoms with Gasteiger partial charge in [0.2, 0.25) is 0 Å². The molecular formula is C20H34IN3O2. The molecule has 0 aliphatic heterocycles. The first-order valence-electron chi connectivity index (χ1n) is 9.34. The van der Waals surface area contributed by atoms with Crippen molar-refractivity contribution in [1.82, 2.24) is 10.6 Å². The van der Waals surface area contributed by atoms with Gasteiger partial charge in [0.05, 0.1) is 6.10 Å². The third-order valence-electron chi connectivity index (χ3n) is 5.09. The first kappa shape index (κ1) is 23.2. The molecule has 0 amide bonds. The molecular weight excluding hydrogens is 441 g/mol. The molecule has 26 heavy (non-hydrogen) atoms. The monoisotopic (exact) mass is 475 g/mol. The lowest BCUT2D eigenvalue weighted by Crippen LogP contribution is -2.41. The van der Waals surface area contributed by atoms with E-state index in [-0.39, 0.29) is 24.0 Å². The van der Waals surface area contributed by atoms with E-state index in [1.54, 1.807) is 7.11 Å². The van der Waals surface area contributed by atoms with Gasteiger partial charge in [-0.3, -0.25) is 4.99 Å². The van der Waals surface area contributed by atoms with Crippen LogP contribution in [-0.4, -0.2) is 44.4 Å². The van der Waals surface area contributed by atoms with Gasteiger partial charge in [0.25, 0.3) is 0 Å². The van der Waals surface area contributed by atoms with Crippen LogP contribution < -0.4 is 10.6 Å². The van der Waals surface area contributed by atoms with Gasteiger partial charge in [0.1, 0.15) is 0 Å². The Labute approximate surface area is 175 Å². The van der Waals surface area contributed by atoms with Gasteiger partial charge in [-0.05, 0) is 44.1 Å². The van der Waals surface area contributed by atoms with Crippen molar-refractivity contribution in [2.45, 2.75) is 45.6 Å². The standard InChI is InChI=1S/C20H33N3O2.HI/c1-4-21-19(23-15-20(10-5-11-20)12-13-25-3)22-14-18(24)17-8-6-16(2)7-9-17;/h6-9,18,24H,4-5,10-15H2,1-3H3,(H2,21,22,23);1H. The Kier molecular flexibility index (Phi) is 10.5. The summed E-state index contributed by atoms with van der Waals surface area (Å²) in [6, 6.07) is 7.99. The van der Waals surface area contributed by atoms with E-state index < -0.39 is 6.10 Å². The minimum Gasteiger partial charge on any atom is -0.387 e. The van der Waals surface area contributed by atoms with Crippen LogP contribution in [0.15, 0.2) is 29.3 Å². The molecule has 0 saturated heterocycles. The normalized spacial score (nSPS) is 17.0. The minimum absolute atomic E-state index is 0. The lowest BCUT2D eigenvalue weighted by molar-refractivity contribution is 0.0778. The molecule has 1 fully saturated rings. The van der Waals surface area contributed by atoms with Gasteiger partial charge in [-0.15, -0.1) is 24.0 Å². The predicted molar refractivity (Wildman–Crippen MR) is 118 cm³/mol. The fourth-order valence-corrected chi connectivity index (χ4v) is 3.17. The number of aliphatic imine (C=N–C) groups is 1. The summed E-state index contributed by atoms with van der Waals surface area (Å²) in [5.74, 6) is 0.775. The highest BCUT2D eigenvalue weighted by molar-refractivity contribution is 14.0. The maximum Gasteiger partial charge on any atom is 0.191 e. The summed E-state index contributed by atoms with van der Waals surface area (Å²) in [7, 11) is 1.76. The summed E-state index contributed by atoms with van der Waals surface area (Å²) < 4.78 is 5.25. The van der Waals surface area contributed by atoms with Crippen molar-refractivity contribution >= 4 is 29.9 Å². The molecule has 1 aromatic carbocycles. The number of nitrogens with one attached hydrogen (secondary N) is 2. The van der Waals surface area contributed by atoms with Crippen LogP contribution in [0.5, 0.6) is 0 Å². The summed E-state index contributed by atoms with van der Waals surface area (Å²) in [5.41, 5.74) is 2.42. The zero-order chi connectivity index (χ0) is 18.1. The van der Waals surface area contributed by atoms with E-state index >= 15 is 0 Å². The van der Waals surface area contributed by atoms with E-state index in [0.717, 1.165) is 37.6 Å². The predicted octanol–water partition coefficient (Wildman–Crippen LogP) is 3.41. The smallest absolute Gasteiger partial charge is 0.191 e. The van der Waals surface area contributed by atoms with Gasteiger partial charge in [0, 0.05) is 33.4 Å². The number of hydrogen-bond acceptors (Lipinski definition) is 3. The second kappa shape index (κ2) is 11.8. The van der Waals surface area contributed by atoms with Gasteiger partial charge in [0.15, 0.2) is 5.96 Å². The molecule has 0 aromatic heterocycles. The van der Waals surface area contributed by atoms with Crippen molar-refractivity contribution in [1.29, 1.82) is 0 Å². The van der Waals surface area contributed by atoms with Crippen molar-refractivity contribution in [3.8, 4) is 0 Å². The van der Waals surface area contributed by atoms with Gasteiger partial charge in [-0.25, -0.2) is 0 Å². The molecule has 0 heterocycles. The average molecular weight is 475 g/mol. The van der Waals surface area contributed by atoms with Crippen LogP contribution >= 0.6 is 24.0 Å². The van der Waals surface area contributed by atoms with Crippen LogP contribution in [0.3, 0.4) is 0 Å². The molecule has 2 rings (SSSR count). The Morgan fingerprint density at radius 3 is 2.50 bits per heavy atom. The molecule has 1 unspecified atom stereocenters. The molecule has 148 valence electrons. The quantitative estimate of drug-likeness (QED) is 0.291. The number of aryl methyl sites for hydroxylation is 1. The van der Waals surface area contributed by atoms with Crippen LogP contribution in [0, 0.1) is 12.3 Å². The topological polar surface area (TPSA) is 65.9 Å². The largest absolute Gasteiger partial charge is 0.387 e. The summed E-state index contributed by atoms with van der Waals surface area (Å²) in [5, 5.41) is 16.9. The highest BCUT2D eigenvalue weighted by Crippen LogP contribution is 2.44. The fraction of sp³-hybridized carbons (Fsp3) is 0.650. The van der Waals surface area contributed by atoms with E-state index in [1.165, 1.54) is 24.8 Å². The summed E-state index contributed by atoms with van der Waals surface area (Å²) >= 11 is 0. The molecule has 1 aromatic rings. The van der Waals surface area contributed by atoms with Crippen molar-refractivity contribution in [3.05, 3.63) is 35.4 Å². The number of ether oxygens (including phenoxy) is 1. The number of rotatable bonds is 9. The maximum absolute atomic E-state index is 10.4. The molecule has 1 aliphatic rings. The van der Waals surface area contributed by atoms with Crippen molar-refractivity contribution < 1.29 is 9.84 Å². The second-order valence-corrected chi connectivity index (χ2v) is 7.10. The first-order chi connectivity index (χ1) is 12.1. The highest BCUT2D eigenvalue weighted by Gasteiger charge is 2.36. The van der Waals surface area contributed by atoms with Gasteiger partial charge >= 0.3 is 0 Å². The molecule has 0 radical (unpaired) electrons. The molecule has 1 saturated carbocycles. The maximum atomic E-state index is 10.4. The van der Waals surface area contributed by atoms with Crippen molar-refractivity contribution in [2.24, 2.45) is 10.4 Å². The van der Waals surface area contributed by atoms with Crippen LogP contribution in [0.1, 0.15) is 49.8 Å². The molecule has 0 spiro atoms. The van der Waals surface area contributed by atoms with Gasteiger partial charge in [-0.2, -0.15) is 0 Å². The molecule has 1 aliphatic carbocycles. The van der Waals surface area contributed by atoms with Crippen LogP contribution in [0.2, 0.25) is 0 Å². The number of benzene rings is 1. The van der Waals surface area contributed by atoms with E-state index in [9.17, 15) is 5.11 Å². The molecule has 5 nitrogen and oxygen atoms in total. The number of nitrogens with zero attached hydrogens (tertiary/aromatic N) is 1. The number of aliphatic hydroxyl groups is 1. The number of aliphatic hydroxyl groups excluding tert-OH is 1. The lowest BCUT2D eigenvalue weighted by atomic mass is 9.67. The first-order valence-corrected chi connectivity index (χ1v) is 9.34. The Hall–Kier alpha value is -0.860. The molecule has 3 N–H and O–H groups in total. The second-order valence-electron chi connectivity index (χ2n) is 7.10. The van der Waals surface area contributed by atoms with E-state index in [4.69, 9.17) is 9.73 Å². The van der Waals surface area contributed by atoms with Crippen LogP contribution in [-0.2, 0) is 4.74 Å². The molecule has 0 bridgehead atoms. The lowest BCUT2D eigenvalue weighted by Gasteiger charge is -2.40. The van der Waals surface area contributed by atoms with Crippen LogP contribution in [0.4, 0.5) is 0 Å². The van der Waals surface area contributed by atoms with E-state index in [2.05, 4.69) is 17.6 Å². The number of hydrogen-bond donors (Lipinski definition) is 3. The molecule has 1 atom stereocenters. The van der Waals surface area contributed by atoms with Crippen molar-refractivity contribution in [2.75, 3.05) is 33.4 Å². The highest BCUT2D eigenvalue weighted by atomic mass is 127. The Morgan fingerprint density at radius 2 is 1.96 bits per heavy atom. The Morgan fingerprint density at radius 1 is 1.27 bits per heavy atom. The molecule has 6 heteroatoms. The van der Waals surface area contributed by atoms with E-state index in [1.807, 2.05) is 31.2 Å². The number of methoxy groups -OCH3 is 1. The minimum atomic E-state index is -0.546. The average Bonchev–Trinajstić information content (AvgIpc) is 2.58. The third-order valence-corrected chi connectivity index (χ3v) is 5.09. The van der Waals surface area contributed by atoms with E-state index in [0.29, 0.717) is 12.0 Å². The SMILES string of the molecule is CCNC(=NCC1(CCOC)CCC1)NCC(O)c1ccc(C)cc1.I. The number of guanidine groups is 1. The van der Waals surface area contributed by atoms with Gasteiger partial charge in [-0.1, -0.05) is 36.2 Å². The zero-order valence-corrected chi connectivity index (χ0v) is 18.6. The number of halogens is 1. The summed E-state index contributed by atoms with van der Waals surface area (Å²) in [6.45, 7) is 6.96. The zero-order valence-electron chi connectivity index (χ0n) is 16.3. The van der Waals surface area contributed by atoms with Crippen molar-refractivity contribution in [3.63, 3.8) is 0 Å². The third kappa shape index (κ3) is 7.04. The van der Waals surface area contributed by atoms with Crippen LogP contribution in [0.25, 0.3) is 0 Å². The summed E-state index contributed by atoms with van der Waals surface area (Å²) in [6.07, 6.45) is 4.26. The summed E-state index contributed by atoms with van der Waals surface area (Å²) in [4.78, 5) is 4.77. The fourth-order valence-electron chi connectivity index (χ4n) is 3.17.